The number of benzene rings is 2. The van der Waals surface area contributed by atoms with Crippen LogP contribution < -0.4 is 11.1 Å². The van der Waals surface area contributed by atoms with Crippen molar-refractivity contribution in [2.24, 2.45) is 10.7 Å². The molecule has 20 heavy (non-hydrogen) atoms. The van der Waals surface area contributed by atoms with E-state index in [1.807, 2.05) is 18.2 Å². The molecule has 3 heteroatoms. The predicted molar refractivity (Wildman–Crippen MR) is 84.0 cm³/mol. The van der Waals surface area contributed by atoms with Crippen molar-refractivity contribution in [2.75, 3.05) is 5.32 Å². The SMILES string of the molecule is Cc1cccc(NC(N)=NC2CC2c2ccccc2)c1. The van der Waals surface area contributed by atoms with Crippen LogP contribution in [0.5, 0.6) is 0 Å². The first-order valence-electron chi connectivity index (χ1n) is 6.94. The van der Waals surface area contributed by atoms with Crippen LogP contribution in [-0.4, -0.2) is 12.0 Å². The van der Waals surface area contributed by atoms with E-state index in [1.54, 1.807) is 0 Å². The zero-order valence-corrected chi connectivity index (χ0v) is 11.6. The maximum absolute atomic E-state index is 5.98. The number of nitrogens with one attached hydrogen (secondary N) is 1. The van der Waals surface area contributed by atoms with Gasteiger partial charge in [-0.1, -0.05) is 42.5 Å². The highest BCUT2D eigenvalue weighted by atomic mass is 15.1. The number of aryl methyl sites for hydroxylation is 1. The first-order valence-corrected chi connectivity index (χ1v) is 6.94. The van der Waals surface area contributed by atoms with Gasteiger partial charge in [-0.3, -0.25) is 0 Å². The summed E-state index contributed by atoms with van der Waals surface area (Å²) in [6.07, 6.45) is 1.08. The lowest BCUT2D eigenvalue weighted by molar-refractivity contribution is 0.985. The fourth-order valence-corrected chi connectivity index (χ4v) is 2.46. The predicted octanol–water partition coefficient (Wildman–Crippen LogP) is 3.28. The molecule has 0 heterocycles. The topological polar surface area (TPSA) is 50.4 Å². The average molecular weight is 265 g/mol. The Hall–Kier alpha value is -2.29. The fourth-order valence-electron chi connectivity index (χ4n) is 2.46. The Kier molecular flexibility index (Phi) is 3.42. The summed E-state index contributed by atoms with van der Waals surface area (Å²) < 4.78 is 0. The molecule has 2 aromatic carbocycles. The number of rotatable bonds is 3. The van der Waals surface area contributed by atoms with E-state index < -0.39 is 0 Å². The molecule has 0 aliphatic heterocycles. The minimum atomic E-state index is 0.315. The molecule has 3 nitrogen and oxygen atoms in total. The fraction of sp³-hybridized carbons (Fsp3) is 0.235. The number of aliphatic imine (C=N–C) groups is 1. The standard InChI is InChI=1S/C17H19N3/c1-12-6-5-9-14(10-12)19-17(18)20-16-11-15(16)13-7-3-2-4-8-13/h2-10,15-16H,11H2,1H3,(H3,18,19,20). The Morgan fingerprint density at radius 3 is 2.70 bits per heavy atom. The van der Waals surface area contributed by atoms with E-state index in [0.29, 0.717) is 17.9 Å². The molecule has 1 aliphatic carbocycles. The van der Waals surface area contributed by atoms with Crippen molar-refractivity contribution in [3.05, 3.63) is 65.7 Å². The van der Waals surface area contributed by atoms with Gasteiger partial charge in [-0.05, 0) is 36.6 Å². The van der Waals surface area contributed by atoms with E-state index in [1.165, 1.54) is 11.1 Å². The second-order valence-corrected chi connectivity index (χ2v) is 5.33. The lowest BCUT2D eigenvalue weighted by Crippen LogP contribution is -2.23. The summed E-state index contributed by atoms with van der Waals surface area (Å²) in [7, 11) is 0. The number of guanidine groups is 1. The lowest BCUT2D eigenvalue weighted by Gasteiger charge is -2.06. The van der Waals surface area contributed by atoms with Crippen molar-refractivity contribution in [1.82, 2.24) is 0 Å². The molecule has 3 N–H and O–H groups in total. The Morgan fingerprint density at radius 1 is 1.15 bits per heavy atom. The molecule has 0 spiro atoms. The monoisotopic (exact) mass is 265 g/mol. The normalized spacial score (nSPS) is 21.6. The lowest BCUT2D eigenvalue weighted by atomic mass is 10.1. The zero-order chi connectivity index (χ0) is 13.9. The van der Waals surface area contributed by atoms with Crippen molar-refractivity contribution >= 4 is 11.6 Å². The third-order valence-corrected chi connectivity index (χ3v) is 3.58. The first kappa shape index (κ1) is 12.7. The molecular formula is C17H19N3. The van der Waals surface area contributed by atoms with Crippen LogP contribution in [0.15, 0.2) is 59.6 Å². The summed E-state index contributed by atoms with van der Waals surface area (Å²) in [6, 6.07) is 18.9. The summed E-state index contributed by atoms with van der Waals surface area (Å²) >= 11 is 0. The van der Waals surface area contributed by atoms with Gasteiger partial charge in [0.15, 0.2) is 5.96 Å². The van der Waals surface area contributed by atoms with Gasteiger partial charge in [0.1, 0.15) is 0 Å². The maximum Gasteiger partial charge on any atom is 0.193 e. The van der Waals surface area contributed by atoms with Crippen LogP contribution in [0.25, 0.3) is 0 Å². The van der Waals surface area contributed by atoms with Crippen LogP contribution in [0.1, 0.15) is 23.5 Å². The van der Waals surface area contributed by atoms with Crippen LogP contribution in [-0.2, 0) is 0 Å². The molecule has 0 amide bonds. The van der Waals surface area contributed by atoms with Crippen molar-refractivity contribution in [1.29, 1.82) is 0 Å². The summed E-state index contributed by atoms with van der Waals surface area (Å²) in [5.41, 5.74) is 9.52. The second-order valence-electron chi connectivity index (χ2n) is 5.33. The van der Waals surface area contributed by atoms with Gasteiger partial charge < -0.3 is 11.1 Å². The highest BCUT2D eigenvalue weighted by molar-refractivity contribution is 5.92. The van der Waals surface area contributed by atoms with E-state index in [-0.39, 0.29) is 0 Å². The zero-order valence-electron chi connectivity index (χ0n) is 11.6. The van der Waals surface area contributed by atoms with E-state index in [0.717, 1.165) is 12.1 Å². The summed E-state index contributed by atoms with van der Waals surface area (Å²) in [4.78, 5) is 4.55. The molecule has 0 radical (unpaired) electrons. The minimum Gasteiger partial charge on any atom is -0.370 e. The first-order chi connectivity index (χ1) is 9.72. The van der Waals surface area contributed by atoms with Crippen LogP contribution in [0, 0.1) is 6.92 Å². The van der Waals surface area contributed by atoms with Gasteiger partial charge >= 0.3 is 0 Å². The van der Waals surface area contributed by atoms with Crippen molar-refractivity contribution in [3.63, 3.8) is 0 Å². The third kappa shape index (κ3) is 2.99. The van der Waals surface area contributed by atoms with Gasteiger partial charge in [-0.15, -0.1) is 0 Å². The number of anilines is 1. The molecule has 2 aromatic rings. The van der Waals surface area contributed by atoms with Gasteiger partial charge in [0.25, 0.3) is 0 Å². The molecule has 1 fully saturated rings. The van der Waals surface area contributed by atoms with Crippen LogP contribution >= 0.6 is 0 Å². The Bertz CT molecular complexity index is 619. The van der Waals surface area contributed by atoms with Gasteiger partial charge in [0.2, 0.25) is 0 Å². The Balaban J connectivity index is 1.63. The van der Waals surface area contributed by atoms with E-state index in [9.17, 15) is 0 Å². The molecule has 2 unspecified atom stereocenters. The highest BCUT2D eigenvalue weighted by Gasteiger charge is 2.38. The molecular weight excluding hydrogens is 246 g/mol. The smallest absolute Gasteiger partial charge is 0.193 e. The summed E-state index contributed by atoms with van der Waals surface area (Å²) in [6.45, 7) is 2.06. The molecule has 3 rings (SSSR count). The van der Waals surface area contributed by atoms with Gasteiger partial charge in [0.05, 0.1) is 6.04 Å². The second kappa shape index (κ2) is 5.37. The average Bonchev–Trinajstić information content (AvgIpc) is 3.19. The molecule has 1 aliphatic rings. The van der Waals surface area contributed by atoms with Gasteiger partial charge in [0, 0.05) is 11.6 Å². The van der Waals surface area contributed by atoms with Crippen molar-refractivity contribution in [2.45, 2.75) is 25.3 Å². The largest absolute Gasteiger partial charge is 0.370 e. The summed E-state index contributed by atoms with van der Waals surface area (Å²) in [5.74, 6) is 1.02. The minimum absolute atomic E-state index is 0.315. The van der Waals surface area contributed by atoms with Gasteiger partial charge in [-0.25, -0.2) is 4.99 Å². The van der Waals surface area contributed by atoms with Crippen molar-refractivity contribution in [3.8, 4) is 0 Å². The Morgan fingerprint density at radius 2 is 1.95 bits per heavy atom. The van der Waals surface area contributed by atoms with E-state index in [2.05, 4.69) is 53.6 Å². The molecule has 0 bridgehead atoms. The van der Waals surface area contributed by atoms with E-state index >= 15 is 0 Å². The Labute approximate surface area is 119 Å². The van der Waals surface area contributed by atoms with Crippen molar-refractivity contribution < 1.29 is 0 Å². The third-order valence-electron chi connectivity index (χ3n) is 3.58. The molecule has 0 aromatic heterocycles. The maximum atomic E-state index is 5.98. The molecule has 0 saturated heterocycles. The molecule has 102 valence electrons. The quantitative estimate of drug-likeness (QED) is 0.661. The number of nitrogens with zero attached hydrogens (tertiary/aromatic N) is 1. The van der Waals surface area contributed by atoms with Crippen LogP contribution in [0.3, 0.4) is 0 Å². The number of nitrogens with two attached hydrogens (primary N) is 1. The number of hydrogen-bond acceptors (Lipinski definition) is 1. The van der Waals surface area contributed by atoms with Crippen LogP contribution in [0.4, 0.5) is 5.69 Å². The number of hydrogen-bond donors (Lipinski definition) is 2. The van der Waals surface area contributed by atoms with Crippen LogP contribution in [0.2, 0.25) is 0 Å². The van der Waals surface area contributed by atoms with E-state index in [4.69, 9.17) is 5.73 Å². The molecule has 1 saturated carbocycles. The summed E-state index contributed by atoms with van der Waals surface area (Å²) in [5, 5.41) is 3.15. The molecule has 2 atom stereocenters. The van der Waals surface area contributed by atoms with Gasteiger partial charge in [-0.2, -0.15) is 0 Å². The highest BCUT2D eigenvalue weighted by Crippen LogP contribution is 2.43.